The van der Waals surface area contributed by atoms with Crippen LogP contribution in [0.15, 0.2) is 54.7 Å². The van der Waals surface area contributed by atoms with Gasteiger partial charge in [0, 0.05) is 6.08 Å². The molecule has 0 aromatic carbocycles. The van der Waals surface area contributed by atoms with E-state index in [4.69, 9.17) is 0 Å². The Bertz CT molecular complexity index is 365. The normalized spacial score (nSPS) is 12.0. The SMILES string of the molecule is CCCCCCCCC\C=C/C=C\C=C/C=C\CC=C=O. The molecule has 116 valence electrons. The second-order valence-electron chi connectivity index (χ2n) is 5.09. The van der Waals surface area contributed by atoms with Gasteiger partial charge < -0.3 is 0 Å². The van der Waals surface area contributed by atoms with E-state index < -0.39 is 0 Å². The zero-order chi connectivity index (χ0) is 15.4. The van der Waals surface area contributed by atoms with Gasteiger partial charge in [-0.05, 0) is 19.3 Å². The van der Waals surface area contributed by atoms with Crippen LogP contribution in [-0.2, 0) is 4.79 Å². The monoisotopic (exact) mass is 286 g/mol. The molecule has 0 aliphatic rings. The Hall–Kier alpha value is -1.59. The first kappa shape index (κ1) is 19.4. The first-order valence-electron chi connectivity index (χ1n) is 8.26. The first-order valence-corrected chi connectivity index (χ1v) is 8.26. The van der Waals surface area contributed by atoms with E-state index in [0.29, 0.717) is 6.42 Å². The summed E-state index contributed by atoms with van der Waals surface area (Å²) in [6.07, 6.45) is 29.1. The number of allylic oxidation sites excluding steroid dienone is 9. The van der Waals surface area contributed by atoms with Crippen LogP contribution in [0.1, 0.15) is 64.7 Å². The molecule has 0 rings (SSSR count). The molecule has 0 spiro atoms. The Morgan fingerprint density at radius 2 is 1.29 bits per heavy atom. The van der Waals surface area contributed by atoms with Crippen LogP contribution in [0.5, 0.6) is 0 Å². The van der Waals surface area contributed by atoms with E-state index in [1.54, 1.807) is 5.94 Å². The second-order valence-corrected chi connectivity index (χ2v) is 5.09. The number of unbranched alkanes of at least 4 members (excludes halogenated alkanes) is 7. The molecule has 0 fully saturated rings. The fourth-order valence-electron chi connectivity index (χ4n) is 1.92. The Kier molecular flexibility index (Phi) is 17.0. The lowest BCUT2D eigenvalue weighted by atomic mass is 10.1. The van der Waals surface area contributed by atoms with E-state index in [-0.39, 0.29) is 0 Å². The number of rotatable bonds is 13. The highest BCUT2D eigenvalue weighted by atomic mass is 16.1. The summed E-state index contributed by atoms with van der Waals surface area (Å²) in [4.78, 5) is 9.91. The Morgan fingerprint density at radius 3 is 1.95 bits per heavy atom. The van der Waals surface area contributed by atoms with Crippen molar-refractivity contribution in [1.82, 2.24) is 0 Å². The van der Waals surface area contributed by atoms with Crippen LogP contribution < -0.4 is 0 Å². The van der Waals surface area contributed by atoms with Gasteiger partial charge in [0.05, 0.1) is 0 Å². The van der Waals surface area contributed by atoms with Crippen molar-refractivity contribution < 1.29 is 4.79 Å². The van der Waals surface area contributed by atoms with Gasteiger partial charge >= 0.3 is 0 Å². The van der Waals surface area contributed by atoms with Gasteiger partial charge in [-0.25, -0.2) is 4.79 Å². The molecule has 0 bridgehead atoms. The minimum absolute atomic E-state index is 0.649. The van der Waals surface area contributed by atoms with Crippen LogP contribution in [0.2, 0.25) is 0 Å². The van der Waals surface area contributed by atoms with Gasteiger partial charge in [-0.15, -0.1) is 0 Å². The molecule has 0 N–H and O–H groups in total. The van der Waals surface area contributed by atoms with Crippen LogP contribution in [0.4, 0.5) is 0 Å². The molecule has 0 amide bonds. The molecule has 0 saturated carbocycles. The van der Waals surface area contributed by atoms with E-state index in [1.807, 2.05) is 30.4 Å². The van der Waals surface area contributed by atoms with Gasteiger partial charge in [-0.3, -0.25) is 0 Å². The summed E-state index contributed by atoms with van der Waals surface area (Å²) in [5.41, 5.74) is 0. The van der Waals surface area contributed by atoms with Crippen LogP contribution in [0.3, 0.4) is 0 Å². The van der Waals surface area contributed by atoms with E-state index >= 15 is 0 Å². The summed E-state index contributed by atoms with van der Waals surface area (Å²) < 4.78 is 0. The fraction of sp³-hybridized carbons (Fsp3) is 0.500. The Labute approximate surface area is 130 Å². The van der Waals surface area contributed by atoms with Crippen molar-refractivity contribution in [3.8, 4) is 0 Å². The lowest BCUT2D eigenvalue weighted by molar-refractivity contribution is 0.568. The zero-order valence-electron chi connectivity index (χ0n) is 13.5. The predicted molar refractivity (Wildman–Crippen MR) is 94.1 cm³/mol. The summed E-state index contributed by atoms with van der Waals surface area (Å²) >= 11 is 0. The van der Waals surface area contributed by atoms with E-state index in [0.717, 1.165) is 0 Å². The molecule has 0 aliphatic heterocycles. The van der Waals surface area contributed by atoms with Crippen molar-refractivity contribution in [3.05, 3.63) is 54.7 Å². The smallest absolute Gasteiger partial charge is 0.120 e. The molecule has 0 saturated heterocycles. The van der Waals surface area contributed by atoms with Crippen molar-refractivity contribution in [2.75, 3.05) is 0 Å². The lowest BCUT2D eigenvalue weighted by Gasteiger charge is -1.98. The molecule has 0 aromatic rings. The van der Waals surface area contributed by atoms with E-state index in [1.165, 1.54) is 57.4 Å². The summed E-state index contributed by atoms with van der Waals surface area (Å²) in [7, 11) is 0. The largest absolute Gasteiger partial charge is 0.234 e. The number of hydrogen-bond acceptors (Lipinski definition) is 1. The Balaban J connectivity index is 3.42. The maximum absolute atomic E-state index is 9.91. The maximum atomic E-state index is 9.91. The quantitative estimate of drug-likeness (QED) is 0.226. The van der Waals surface area contributed by atoms with Crippen LogP contribution in [0, 0.1) is 0 Å². The minimum Gasteiger partial charge on any atom is -0.234 e. The highest BCUT2D eigenvalue weighted by Crippen LogP contribution is 2.08. The molecule has 1 heteroatoms. The van der Waals surface area contributed by atoms with E-state index in [2.05, 4.69) is 25.2 Å². The van der Waals surface area contributed by atoms with Gasteiger partial charge in [0.2, 0.25) is 0 Å². The van der Waals surface area contributed by atoms with Gasteiger partial charge in [-0.2, -0.15) is 0 Å². The second kappa shape index (κ2) is 18.4. The molecule has 0 radical (unpaired) electrons. The van der Waals surface area contributed by atoms with Crippen molar-refractivity contribution in [2.24, 2.45) is 0 Å². The lowest BCUT2D eigenvalue weighted by Crippen LogP contribution is -1.78. The molecular weight excluding hydrogens is 256 g/mol. The number of carbonyl (C=O) groups excluding carboxylic acids is 1. The van der Waals surface area contributed by atoms with Crippen LogP contribution in [-0.4, -0.2) is 5.94 Å². The van der Waals surface area contributed by atoms with Crippen LogP contribution in [0.25, 0.3) is 0 Å². The summed E-state index contributed by atoms with van der Waals surface area (Å²) in [6, 6.07) is 0. The summed E-state index contributed by atoms with van der Waals surface area (Å²) in [6.45, 7) is 2.26. The third-order valence-corrected chi connectivity index (χ3v) is 3.14. The minimum atomic E-state index is 0.649. The molecule has 0 heterocycles. The van der Waals surface area contributed by atoms with Crippen molar-refractivity contribution in [2.45, 2.75) is 64.7 Å². The van der Waals surface area contributed by atoms with E-state index in [9.17, 15) is 4.79 Å². The predicted octanol–water partition coefficient (Wildman–Crippen LogP) is 6.13. The molecular formula is C20H30O. The first-order chi connectivity index (χ1) is 10.4. The standard InChI is InChI=1S/C20H30O/c1-2-3-4-5-6-7-8-9-10-11-12-13-14-15-16-17-18-19-20-21/h10-17,19H,2-9,18H2,1H3/b11-10-,13-12-,15-14-,17-16-. The molecule has 1 nitrogen and oxygen atoms in total. The van der Waals surface area contributed by atoms with Crippen molar-refractivity contribution in [1.29, 1.82) is 0 Å². The molecule has 21 heavy (non-hydrogen) atoms. The van der Waals surface area contributed by atoms with Gasteiger partial charge in [0.25, 0.3) is 0 Å². The molecule has 0 aliphatic carbocycles. The Morgan fingerprint density at radius 1 is 0.714 bits per heavy atom. The third-order valence-electron chi connectivity index (χ3n) is 3.14. The molecule has 0 aromatic heterocycles. The highest BCUT2D eigenvalue weighted by Gasteiger charge is 1.88. The zero-order valence-corrected chi connectivity index (χ0v) is 13.5. The summed E-state index contributed by atoms with van der Waals surface area (Å²) in [5, 5.41) is 0. The van der Waals surface area contributed by atoms with Crippen molar-refractivity contribution >= 4 is 5.94 Å². The van der Waals surface area contributed by atoms with Gasteiger partial charge in [0.1, 0.15) is 5.94 Å². The molecule has 0 atom stereocenters. The topological polar surface area (TPSA) is 17.1 Å². The van der Waals surface area contributed by atoms with Gasteiger partial charge in [-0.1, -0.05) is 94.1 Å². The average Bonchev–Trinajstić information content (AvgIpc) is 2.50. The average molecular weight is 286 g/mol. The van der Waals surface area contributed by atoms with Crippen LogP contribution >= 0.6 is 0 Å². The maximum Gasteiger partial charge on any atom is 0.120 e. The number of hydrogen-bond donors (Lipinski definition) is 0. The third kappa shape index (κ3) is 18.4. The molecule has 0 unspecified atom stereocenters. The van der Waals surface area contributed by atoms with Gasteiger partial charge in [0.15, 0.2) is 0 Å². The highest BCUT2D eigenvalue weighted by molar-refractivity contribution is 5.45. The fourth-order valence-corrected chi connectivity index (χ4v) is 1.92. The van der Waals surface area contributed by atoms with Crippen molar-refractivity contribution in [3.63, 3.8) is 0 Å². The summed E-state index contributed by atoms with van der Waals surface area (Å²) in [5.74, 6) is 1.75.